The smallest absolute Gasteiger partial charge is 0.0233 e. The molecular formula is C15H22. The molecule has 0 spiro atoms. The Morgan fingerprint density at radius 3 is 1.87 bits per heavy atom. The number of rotatable bonds is 5. The number of hydrogen-bond acceptors (Lipinski definition) is 0. The molecule has 15 heavy (non-hydrogen) atoms. The molecule has 0 unspecified atom stereocenters. The summed E-state index contributed by atoms with van der Waals surface area (Å²) in [5.74, 6) is 0.692. The van der Waals surface area contributed by atoms with Gasteiger partial charge in [-0.1, -0.05) is 51.3 Å². The summed E-state index contributed by atoms with van der Waals surface area (Å²) in [4.78, 5) is 0. The first-order chi connectivity index (χ1) is 7.15. The van der Waals surface area contributed by atoms with Gasteiger partial charge in [0.1, 0.15) is 0 Å². The molecular weight excluding hydrogens is 180 g/mol. The van der Waals surface area contributed by atoms with Gasteiger partial charge in [-0.25, -0.2) is 0 Å². The molecule has 0 aromatic rings. The molecule has 0 amide bonds. The predicted octanol–water partition coefficient (Wildman–Crippen LogP) is 4.53. The lowest BCUT2D eigenvalue weighted by Crippen LogP contribution is -1.87. The van der Waals surface area contributed by atoms with E-state index in [0.29, 0.717) is 5.92 Å². The molecule has 0 aliphatic heterocycles. The second-order valence-corrected chi connectivity index (χ2v) is 3.44. The van der Waals surface area contributed by atoms with Crippen LogP contribution < -0.4 is 0 Å². The highest BCUT2D eigenvalue weighted by atomic mass is 14.0. The highest BCUT2D eigenvalue weighted by molar-refractivity contribution is 5.44. The van der Waals surface area contributed by atoms with Crippen LogP contribution in [0.3, 0.4) is 0 Å². The van der Waals surface area contributed by atoms with E-state index in [-0.39, 0.29) is 0 Å². The fourth-order valence-electron chi connectivity index (χ4n) is 1.08. The van der Waals surface area contributed by atoms with Gasteiger partial charge in [-0.05, 0) is 30.4 Å². The average Bonchev–Trinajstić information content (AvgIpc) is 2.26. The Bertz CT molecular complexity index is 259. The molecule has 0 radical (unpaired) electrons. The Labute approximate surface area is 95.1 Å². The van der Waals surface area contributed by atoms with Crippen molar-refractivity contribution in [3.8, 4) is 12.8 Å². The Hall–Kier alpha value is -1.48. The van der Waals surface area contributed by atoms with Crippen molar-refractivity contribution in [2.75, 3.05) is 0 Å². The van der Waals surface area contributed by atoms with E-state index in [1.807, 2.05) is 19.1 Å². The van der Waals surface area contributed by atoms with Gasteiger partial charge in [0.15, 0.2) is 0 Å². The Kier molecular flexibility index (Phi) is 11.3. The maximum atomic E-state index is 4.00. The molecule has 0 aromatic heterocycles. The van der Waals surface area contributed by atoms with Gasteiger partial charge in [0.25, 0.3) is 0 Å². The zero-order chi connectivity index (χ0) is 12.3. The van der Waals surface area contributed by atoms with Gasteiger partial charge in [-0.3, -0.25) is 0 Å². The van der Waals surface area contributed by atoms with Crippen LogP contribution in [0.25, 0.3) is 0 Å². The molecule has 0 bridgehead atoms. The molecule has 82 valence electrons. The summed E-state index contributed by atoms with van der Waals surface area (Å²) in [7, 11) is 0. The van der Waals surface area contributed by atoms with E-state index in [4.69, 9.17) is 0 Å². The molecule has 0 rings (SSSR count). The lowest BCUT2D eigenvalue weighted by atomic mass is 10.0. The van der Waals surface area contributed by atoms with E-state index >= 15 is 0 Å². The topological polar surface area (TPSA) is 0 Å². The zero-order valence-corrected chi connectivity index (χ0v) is 10.2. The lowest BCUT2D eigenvalue weighted by molar-refractivity contribution is 0.662. The standard InChI is InChI=1S/C13H20.C2H2/c1-6-12(7-2)13(8-3)10-9-11(4)5;1-2/h6-8,10-11H,1,3,9H2,2,4-5H3;1-2H/b12-7-,13-10-;. The third kappa shape index (κ3) is 7.58. The minimum Gasteiger partial charge on any atom is -0.124 e. The predicted molar refractivity (Wildman–Crippen MR) is 71.6 cm³/mol. The summed E-state index contributed by atoms with van der Waals surface area (Å²) in [6.45, 7) is 14.0. The van der Waals surface area contributed by atoms with Gasteiger partial charge in [0.2, 0.25) is 0 Å². The van der Waals surface area contributed by atoms with Crippen molar-refractivity contribution >= 4 is 0 Å². The van der Waals surface area contributed by atoms with Crippen molar-refractivity contribution in [2.45, 2.75) is 27.2 Å². The monoisotopic (exact) mass is 202 g/mol. The van der Waals surface area contributed by atoms with Gasteiger partial charge < -0.3 is 0 Å². The Morgan fingerprint density at radius 1 is 1.13 bits per heavy atom. The quantitative estimate of drug-likeness (QED) is 0.454. The Morgan fingerprint density at radius 2 is 1.60 bits per heavy atom. The van der Waals surface area contributed by atoms with Crippen molar-refractivity contribution in [1.82, 2.24) is 0 Å². The molecule has 0 nitrogen and oxygen atoms in total. The van der Waals surface area contributed by atoms with E-state index < -0.39 is 0 Å². The first-order valence-electron chi connectivity index (χ1n) is 5.10. The molecule has 0 saturated heterocycles. The lowest BCUT2D eigenvalue weighted by Gasteiger charge is -2.04. The maximum Gasteiger partial charge on any atom is -0.0233 e. The fraction of sp³-hybridized carbons (Fsp3) is 0.333. The SMILES string of the molecule is C#C.C=CC(=C/C)/C(C=C)=C\CC(C)C. The largest absolute Gasteiger partial charge is 0.124 e. The van der Waals surface area contributed by atoms with Crippen molar-refractivity contribution in [1.29, 1.82) is 0 Å². The first kappa shape index (κ1) is 16.0. The zero-order valence-electron chi connectivity index (χ0n) is 10.2. The highest BCUT2D eigenvalue weighted by Gasteiger charge is 1.96. The summed E-state index contributed by atoms with van der Waals surface area (Å²) in [5, 5.41) is 0. The molecule has 0 N–H and O–H groups in total. The fourth-order valence-corrected chi connectivity index (χ4v) is 1.08. The van der Waals surface area contributed by atoms with Crippen LogP contribution in [0, 0.1) is 18.8 Å². The second-order valence-electron chi connectivity index (χ2n) is 3.44. The summed E-state index contributed by atoms with van der Waals surface area (Å²) in [6, 6.07) is 0. The number of hydrogen-bond donors (Lipinski definition) is 0. The molecule has 0 fully saturated rings. The minimum absolute atomic E-state index is 0.692. The molecule has 0 atom stereocenters. The van der Waals surface area contributed by atoms with Crippen LogP contribution >= 0.6 is 0 Å². The number of terminal acetylenes is 1. The van der Waals surface area contributed by atoms with E-state index in [1.54, 1.807) is 0 Å². The normalized spacial score (nSPS) is 11.6. The molecule has 0 heterocycles. The highest BCUT2D eigenvalue weighted by Crippen LogP contribution is 2.14. The van der Waals surface area contributed by atoms with Crippen LogP contribution in [0.5, 0.6) is 0 Å². The van der Waals surface area contributed by atoms with Gasteiger partial charge in [-0.2, -0.15) is 0 Å². The minimum atomic E-state index is 0.692. The van der Waals surface area contributed by atoms with E-state index in [0.717, 1.165) is 12.0 Å². The van der Waals surface area contributed by atoms with Gasteiger partial charge >= 0.3 is 0 Å². The number of allylic oxidation sites excluding steroid dienone is 6. The van der Waals surface area contributed by atoms with E-state index in [2.05, 4.69) is 52.0 Å². The van der Waals surface area contributed by atoms with Crippen molar-refractivity contribution in [3.63, 3.8) is 0 Å². The van der Waals surface area contributed by atoms with Gasteiger partial charge in [0.05, 0.1) is 0 Å². The van der Waals surface area contributed by atoms with Crippen LogP contribution in [-0.4, -0.2) is 0 Å². The second kappa shape index (κ2) is 10.6. The van der Waals surface area contributed by atoms with Crippen LogP contribution in [0.2, 0.25) is 0 Å². The van der Waals surface area contributed by atoms with Crippen molar-refractivity contribution < 1.29 is 0 Å². The molecule has 0 heteroatoms. The van der Waals surface area contributed by atoms with E-state index in [9.17, 15) is 0 Å². The summed E-state index contributed by atoms with van der Waals surface area (Å²) >= 11 is 0. The maximum absolute atomic E-state index is 4.00. The Balaban J connectivity index is 0. The van der Waals surface area contributed by atoms with Crippen LogP contribution in [0.4, 0.5) is 0 Å². The first-order valence-corrected chi connectivity index (χ1v) is 5.10. The molecule has 0 aromatic carbocycles. The van der Waals surface area contributed by atoms with E-state index in [1.165, 1.54) is 5.57 Å². The summed E-state index contributed by atoms with van der Waals surface area (Å²) in [6.07, 6.45) is 17.1. The van der Waals surface area contributed by atoms with Crippen molar-refractivity contribution in [3.05, 3.63) is 48.6 Å². The van der Waals surface area contributed by atoms with Gasteiger partial charge in [-0.15, -0.1) is 12.8 Å². The van der Waals surface area contributed by atoms with Crippen LogP contribution in [0.1, 0.15) is 27.2 Å². The average molecular weight is 202 g/mol. The molecule has 0 saturated carbocycles. The van der Waals surface area contributed by atoms with Crippen LogP contribution in [0.15, 0.2) is 48.6 Å². The summed E-state index contributed by atoms with van der Waals surface area (Å²) < 4.78 is 0. The van der Waals surface area contributed by atoms with Crippen LogP contribution in [-0.2, 0) is 0 Å². The molecule has 0 aliphatic rings. The third-order valence-electron chi connectivity index (χ3n) is 1.89. The molecule has 0 aliphatic carbocycles. The third-order valence-corrected chi connectivity index (χ3v) is 1.89. The summed E-state index contributed by atoms with van der Waals surface area (Å²) in [5.41, 5.74) is 2.35. The van der Waals surface area contributed by atoms with Gasteiger partial charge in [0, 0.05) is 0 Å². The van der Waals surface area contributed by atoms with Crippen molar-refractivity contribution in [2.24, 2.45) is 5.92 Å².